The molecule has 0 aliphatic rings. The molecule has 0 radical (unpaired) electrons. The molecular formula is C21H21F3N4O2S. The second kappa shape index (κ2) is 9.34. The van der Waals surface area contributed by atoms with Gasteiger partial charge < -0.3 is 9.64 Å². The fourth-order valence-corrected chi connectivity index (χ4v) is 3.27. The van der Waals surface area contributed by atoms with Crippen LogP contribution < -0.4 is 4.74 Å². The molecule has 0 bridgehead atoms. The van der Waals surface area contributed by atoms with Crippen molar-refractivity contribution in [1.82, 2.24) is 19.7 Å². The van der Waals surface area contributed by atoms with E-state index < -0.39 is 11.7 Å². The summed E-state index contributed by atoms with van der Waals surface area (Å²) in [5, 5.41) is 6.99. The van der Waals surface area contributed by atoms with Crippen molar-refractivity contribution < 1.29 is 22.7 Å². The number of methoxy groups -OCH3 is 1. The highest BCUT2D eigenvalue weighted by molar-refractivity contribution is 7.71. The predicted octanol–water partition coefficient (Wildman–Crippen LogP) is 4.68. The summed E-state index contributed by atoms with van der Waals surface area (Å²) in [6.45, 7) is 0.520. The number of ether oxygens (including phenoxy) is 1. The average Bonchev–Trinajstić information content (AvgIpc) is 3.12. The van der Waals surface area contributed by atoms with E-state index in [9.17, 15) is 18.0 Å². The van der Waals surface area contributed by atoms with Gasteiger partial charge in [0.15, 0.2) is 10.6 Å². The van der Waals surface area contributed by atoms with Gasteiger partial charge in [-0.3, -0.25) is 14.5 Å². The third-order valence-electron chi connectivity index (χ3n) is 4.78. The maximum Gasteiger partial charge on any atom is 0.416 e. The Bertz CT molecular complexity index is 1090. The molecule has 0 spiro atoms. The Hall–Kier alpha value is -3.14. The minimum absolute atomic E-state index is 0.161. The third kappa shape index (κ3) is 5.52. The predicted molar refractivity (Wildman–Crippen MR) is 112 cm³/mol. The average molecular weight is 450 g/mol. The number of aromatic amines is 1. The van der Waals surface area contributed by atoms with Crippen LogP contribution in [0.5, 0.6) is 5.75 Å². The topological polar surface area (TPSA) is 63.1 Å². The summed E-state index contributed by atoms with van der Waals surface area (Å²) in [5.74, 6) is 1.15. The second-order valence-electron chi connectivity index (χ2n) is 6.93. The van der Waals surface area contributed by atoms with Crippen LogP contribution in [0.2, 0.25) is 0 Å². The molecule has 2 aromatic carbocycles. The van der Waals surface area contributed by atoms with E-state index in [0.29, 0.717) is 28.5 Å². The van der Waals surface area contributed by atoms with Gasteiger partial charge in [0.2, 0.25) is 5.91 Å². The molecule has 31 heavy (non-hydrogen) atoms. The Morgan fingerprint density at radius 1 is 1.16 bits per heavy atom. The van der Waals surface area contributed by atoms with Crippen LogP contribution in [0.1, 0.15) is 17.5 Å². The number of benzene rings is 2. The Morgan fingerprint density at radius 3 is 2.39 bits per heavy atom. The second-order valence-corrected chi connectivity index (χ2v) is 7.31. The fraction of sp³-hybridized carbons (Fsp3) is 0.286. The summed E-state index contributed by atoms with van der Waals surface area (Å²) >= 11 is 5.29. The van der Waals surface area contributed by atoms with Gasteiger partial charge in [0.05, 0.1) is 12.7 Å². The van der Waals surface area contributed by atoms with Crippen LogP contribution >= 0.6 is 12.2 Å². The van der Waals surface area contributed by atoms with Crippen molar-refractivity contribution in [3.8, 4) is 17.1 Å². The molecule has 1 aromatic heterocycles. The molecule has 0 aliphatic heterocycles. The Labute approximate surface area is 182 Å². The van der Waals surface area contributed by atoms with E-state index in [1.807, 2.05) is 12.1 Å². The molecule has 3 aromatic rings. The van der Waals surface area contributed by atoms with Gasteiger partial charge in [-0.05, 0) is 54.2 Å². The first kappa shape index (κ1) is 22.5. The minimum atomic E-state index is -4.38. The summed E-state index contributed by atoms with van der Waals surface area (Å²) in [5.41, 5.74) is 0.715. The fourth-order valence-electron chi connectivity index (χ4n) is 3.05. The van der Waals surface area contributed by atoms with E-state index in [2.05, 4.69) is 10.2 Å². The summed E-state index contributed by atoms with van der Waals surface area (Å²) < 4.78 is 45.3. The number of amides is 1. The van der Waals surface area contributed by atoms with Gasteiger partial charge in [0, 0.05) is 32.1 Å². The van der Waals surface area contributed by atoms with Gasteiger partial charge >= 0.3 is 6.18 Å². The number of carbonyl (C=O) groups is 1. The van der Waals surface area contributed by atoms with Crippen LogP contribution in [-0.4, -0.2) is 39.7 Å². The number of H-pyrrole nitrogens is 1. The lowest BCUT2D eigenvalue weighted by Crippen LogP contribution is -2.27. The van der Waals surface area contributed by atoms with Gasteiger partial charge in [0.25, 0.3) is 0 Å². The summed E-state index contributed by atoms with van der Waals surface area (Å²) in [6.07, 6.45) is -4.22. The molecule has 0 saturated heterocycles. The van der Waals surface area contributed by atoms with Crippen molar-refractivity contribution in [2.75, 3.05) is 14.2 Å². The van der Waals surface area contributed by atoms with Gasteiger partial charge in [0.1, 0.15) is 5.75 Å². The molecule has 0 atom stereocenters. The van der Waals surface area contributed by atoms with Crippen molar-refractivity contribution in [2.24, 2.45) is 0 Å². The lowest BCUT2D eigenvalue weighted by molar-refractivity contribution is -0.137. The Morgan fingerprint density at radius 2 is 1.81 bits per heavy atom. The van der Waals surface area contributed by atoms with Gasteiger partial charge in [-0.2, -0.15) is 18.3 Å². The lowest BCUT2D eigenvalue weighted by atomic mass is 10.1. The van der Waals surface area contributed by atoms with E-state index in [1.54, 1.807) is 30.9 Å². The van der Waals surface area contributed by atoms with Crippen molar-refractivity contribution >= 4 is 18.1 Å². The highest BCUT2D eigenvalue weighted by Gasteiger charge is 2.30. The first-order valence-electron chi connectivity index (χ1n) is 9.39. The van der Waals surface area contributed by atoms with E-state index in [1.165, 1.54) is 17.0 Å². The maximum absolute atomic E-state index is 12.7. The number of hydrogen-bond donors (Lipinski definition) is 1. The molecule has 164 valence electrons. The molecule has 10 heteroatoms. The van der Waals surface area contributed by atoms with Crippen LogP contribution in [-0.2, 0) is 24.1 Å². The van der Waals surface area contributed by atoms with Crippen LogP contribution in [0.3, 0.4) is 0 Å². The van der Waals surface area contributed by atoms with Gasteiger partial charge in [-0.1, -0.05) is 12.1 Å². The van der Waals surface area contributed by atoms with Crippen LogP contribution in [0.4, 0.5) is 13.2 Å². The van der Waals surface area contributed by atoms with E-state index in [0.717, 1.165) is 17.7 Å². The normalized spacial score (nSPS) is 11.4. The molecule has 0 aliphatic carbocycles. The maximum atomic E-state index is 12.7. The highest BCUT2D eigenvalue weighted by atomic mass is 32.1. The van der Waals surface area contributed by atoms with Gasteiger partial charge in [-0.15, -0.1) is 0 Å². The largest absolute Gasteiger partial charge is 0.497 e. The number of nitrogens with one attached hydrogen (secondary N) is 1. The van der Waals surface area contributed by atoms with Crippen LogP contribution in [0.15, 0.2) is 48.5 Å². The highest BCUT2D eigenvalue weighted by Crippen LogP contribution is 2.29. The molecule has 1 amide bonds. The quantitative estimate of drug-likeness (QED) is 0.531. The lowest BCUT2D eigenvalue weighted by Gasteiger charge is -2.18. The summed E-state index contributed by atoms with van der Waals surface area (Å²) in [6, 6.07) is 12.1. The minimum Gasteiger partial charge on any atom is -0.497 e. The van der Waals surface area contributed by atoms with Crippen molar-refractivity contribution in [1.29, 1.82) is 0 Å². The number of carbonyl (C=O) groups excluding carboxylic acids is 1. The zero-order valence-electron chi connectivity index (χ0n) is 16.9. The number of nitrogens with zero attached hydrogens (tertiary/aromatic N) is 3. The molecule has 6 nitrogen and oxygen atoms in total. The zero-order valence-corrected chi connectivity index (χ0v) is 17.8. The number of halogens is 3. The monoisotopic (exact) mass is 450 g/mol. The zero-order chi connectivity index (χ0) is 22.6. The third-order valence-corrected chi connectivity index (χ3v) is 5.09. The first-order chi connectivity index (χ1) is 14.7. The Balaban J connectivity index is 1.64. The standard InChI is InChI=1S/C21H21F3N4O2S/c1-27(13-14-3-7-16(8-4-14)21(22,23)24)18(29)11-12-28-19(25-26-20(28)31)15-5-9-17(30-2)10-6-15/h3-10H,11-13H2,1-2H3,(H,26,31). The molecule has 0 fully saturated rings. The molecule has 1 N–H and O–H groups in total. The van der Waals surface area contributed by atoms with E-state index in [-0.39, 0.29) is 18.9 Å². The number of rotatable bonds is 7. The number of hydrogen-bond acceptors (Lipinski definition) is 4. The van der Waals surface area contributed by atoms with Crippen molar-refractivity contribution in [3.63, 3.8) is 0 Å². The first-order valence-corrected chi connectivity index (χ1v) is 9.79. The molecule has 1 heterocycles. The van der Waals surface area contributed by atoms with Crippen LogP contribution in [0, 0.1) is 4.77 Å². The van der Waals surface area contributed by atoms with Crippen molar-refractivity contribution in [3.05, 3.63) is 64.4 Å². The number of alkyl halides is 3. The van der Waals surface area contributed by atoms with Gasteiger partial charge in [-0.25, -0.2) is 0 Å². The smallest absolute Gasteiger partial charge is 0.416 e. The molecule has 0 saturated carbocycles. The number of aromatic nitrogens is 3. The van der Waals surface area contributed by atoms with E-state index in [4.69, 9.17) is 17.0 Å². The Kier molecular flexibility index (Phi) is 6.79. The van der Waals surface area contributed by atoms with Crippen molar-refractivity contribution in [2.45, 2.75) is 25.7 Å². The summed E-state index contributed by atoms with van der Waals surface area (Å²) in [7, 11) is 3.19. The van der Waals surface area contributed by atoms with E-state index >= 15 is 0 Å². The molecular weight excluding hydrogens is 429 g/mol. The molecule has 0 unspecified atom stereocenters. The van der Waals surface area contributed by atoms with Crippen LogP contribution in [0.25, 0.3) is 11.4 Å². The SMILES string of the molecule is COc1ccc(-c2n[nH]c(=S)n2CCC(=O)N(C)Cc2ccc(C(F)(F)F)cc2)cc1. The summed E-state index contributed by atoms with van der Waals surface area (Å²) in [4.78, 5) is 14.0. The molecule has 3 rings (SSSR count).